The second-order valence-corrected chi connectivity index (χ2v) is 11.6. The predicted octanol–water partition coefficient (Wildman–Crippen LogP) is 5.75. The van der Waals surface area contributed by atoms with Gasteiger partial charge in [-0.05, 0) is 67.6 Å². The number of nitrogens with one attached hydrogen (secondary N) is 2. The van der Waals surface area contributed by atoms with Crippen molar-refractivity contribution in [2.24, 2.45) is 12.0 Å². The van der Waals surface area contributed by atoms with Crippen molar-refractivity contribution in [2.45, 2.75) is 38.6 Å². The molecule has 12 nitrogen and oxygen atoms in total. The lowest BCUT2D eigenvalue weighted by Gasteiger charge is -2.20. The summed E-state index contributed by atoms with van der Waals surface area (Å²) in [5.41, 5.74) is 4.92. The van der Waals surface area contributed by atoms with Gasteiger partial charge in [0.25, 0.3) is 11.8 Å². The SMILES string of the molecule is COC(=O)c1cc(NC(=O)c2cc(-c3ccc(NC(=O)CCCOc4cc5c(cc4C)C(=O)N4CCC[C@H]4C=N5)cc3)co2)cn1C. The summed E-state index contributed by atoms with van der Waals surface area (Å²) in [5, 5.41) is 5.61. The highest BCUT2D eigenvalue weighted by Gasteiger charge is 2.32. The molecule has 4 heterocycles. The molecular weight excluding hydrogens is 602 g/mol. The van der Waals surface area contributed by atoms with Crippen LogP contribution in [0.4, 0.5) is 17.1 Å². The Hall–Kier alpha value is -5.65. The largest absolute Gasteiger partial charge is 0.493 e. The zero-order valence-corrected chi connectivity index (χ0v) is 26.4. The van der Waals surface area contributed by atoms with E-state index in [4.69, 9.17) is 13.9 Å². The number of carbonyl (C=O) groups excluding carboxylic acids is 4. The highest BCUT2D eigenvalue weighted by molar-refractivity contribution is 6.04. The molecule has 3 amide bonds. The number of ether oxygens (including phenoxy) is 2. The molecule has 2 N–H and O–H groups in total. The Morgan fingerprint density at radius 3 is 2.64 bits per heavy atom. The van der Waals surface area contributed by atoms with Crippen LogP contribution in [0.25, 0.3) is 11.1 Å². The first kappa shape index (κ1) is 31.3. The van der Waals surface area contributed by atoms with Gasteiger partial charge >= 0.3 is 5.97 Å². The Balaban J connectivity index is 0.978. The molecule has 0 radical (unpaired) electrons. The summed E-state index contributed by atoms with van der Waals surface area (Å²) in [6.07, 6.45) is 7.63. The average molecular weight is 638 g/mol. The summed E-state index contributed by atoms with van der Waals surface area (Å²) in [7, 11) is 2.97. The first-order chi connectivity index (χ1) is 22.7. The second-order valence-electron chi connectivity index (χ2n) is 11.6. The first-order valence-electron chi connectivity index (χ1n) is 15.4. The van der Waals surface area contributed by atoms with Crippen molar-refractivity contribution in [1.29, 1.82) is 0 Å². The molecule has 2 aliphatic heterocycles. The van der Waals surface area contributed by atoms with Crippen LogP contribution in [0, 0.1) is 6.92 Å². The molecule has 0 bridgehead atoms. The van der Waals surface area contributed by atoms with E-state index in [0.29, 0.717) is 52.7 Å². The summed E-state index contributed by atoms with van der Waals surface area (Å²) in [5.74, 6) is -0.353. The molecule has 0 saturated carbocycles. The molecule has 0 spiro atoms. The quantitative estimate of drug-likeness (QED) is 0.166. The van der Waals surface area contributed by atoms with Crippen LogP contribution >= 0.6 is 0 Å². The maximum Gasteiger partial charge on any atom is 0.354 e. The fourth-order valence-electron chi connectivity index (χ4n) is 5.76. The van der Waals surface area contributed by atoms with Gasteiger partial charge in [0.2, 0.25) is 5.91 Å². The number of amides is 3. The van der Waals surface area contributed by atoms with Crippen LogP contribution in [0.1, 0.15) is 62.6 Å². The maximum absolute atomic E-state index is 13.0. The summed E-state index contributed by atoms with van der Waals surface area (Å²) in [6, 6.07) is 14.0. The van der Waals surface area contributed by atoms with E-state index < -0.39 is 11.9 Å². The van der Waals surface area contributed by atoms with Crippen LogP contribution in [-0.4, -0.2) is 65.7 Å². The number of aromatic nitrogens is 1. The highest BCUT2D eigenvalue weighted by Crippen LogP contribution is 2.34. The number of furan rings is 1. The minimum Gasteiger partial charge on any atom is -0.493 e. The zero-order valence-electron chi connectivity index (χ0n) is 26.4. The molecule has 47 heavy (non-hydrogen) atoms. The van der Waals surface area contributed by atoms with Crippen LogP contribution in [0.2, 0.25) is 0 Å². The van der Waals surface area contributed by atoms with Gasteiger partial charge in [0.05, 0.1) is 43.0 Å². The van der Waals surface area contributed by atoms with Crippen molar-refractivity contribution in [1.82, 2.24) is 9.47 Å². The molecule has 2 aliphatic rings. The van der Waals surface area contributed by atoms with Crippen molar-refractivity contribution in [2.75, 3.05) is 30.9 Å². The van der Waals surface area contributed by atoms with E-state index in [1.54, 1.807) is 36.0 Å². The predicted molar refractivity (Wildman–Crippen MR) is 176 cm³/mol. The number of benzene rings is 2. The number of methoxy groups -OCH3 is 1. The highest BCUT2D eigenvalue weighted by atomic mass is 16.5. The lowest BCUT2D eigenvalue weighted by atomic mass is 10.1. The number of aliphatic imine (C=N–C) groups is 1. The summed E-state index contributed by atoms with van der Waals surface area (Å²) in [4.78, 5) is 56.6. The van der Waals surface area contributed by atoms with E-state index >= 15 is 0 Å². The van der Waals surface area contributed by atoms with Gasteiger partial charge in [-0.15, -0.1) is 0 Å². The van der Waals surface area contributed by atoms with E-state index in [1.807, 2.05) is 42.3 Å². The van der Waals surface area contributed by atoms with E-state index in [9.17, 15) is 19.2 Å². The summed E-state index contributed by atoms with van der Waals surface area (Å²) >= 11 is 0. The maximum atomic E-state index is 13.0. The van der Waals surface area contributed by atoms with Crippen molar-refractivity contribution in [3.8, 4) is 16.9 Å². The number of rotatable bonds is 10. The third-order valence-electron chi connectivity index (χ3n) is 8.26. The van der Waals surface area contributed by atoms with Gasteiger partial charge in [-0.2, -0.15) is 0 Å². The van der Waals surface area contributed by atoms with Gasteiger partial charge in [0, 0.05) is 49.7 Å². The van der Waals surface area contributed by atoms with Crippen LogP contribution < -0.4 is 15.4 Å². The van der Waals surface area contributed by atoms with E-state index in [2.05, 4.69) is 15.6 Å². The Kier molecular flexibility index (Phi) is 8.92. The Morgan fingerprint density at radius 2 is 1.85 bits per heavy atom. The molecule has 2 aromatic carbocycles. The van der Waals surface area contributed by atoms with Crippen LogP contribution in [-0.2, 0) is 16.6 Å². The Bertz CT molecular complexity index is 1870. The second kappa shape index (κ2) is 13.4. The van der Waals surface area contributed by atoms with Crippen molar-refractivity contribution >= 4 is 47.0 Å². The number of fused-ring (bicyclic) bond motifs is 2. The number of nitrogens with zero attached hydrogens (tertiary/aromatic N) is 3. The monoisotopic (exact) mass is 637 g/mol. The molecule has 1 atom stereocenters. The third-order valence-corrected chi connectivity index (χ3v) is 8.26. The van der Waals surface area contributed by atoms with Crippen molar-refractivity contribution in [3.05, 3.63) is 83.6 Å². The van der Waals surface area contributed by atoms with E-state index in [0.717, 1.165) is 30.5 Å². The zero-order chi connectivity index (χ0) is 33.1. The van der Waals surface area contributed by atoms with Crippen LogP contribution in [0.5, 0.6) is 5.75 Å². The molecule has 1 fully saturated rings. The molecule has 0 unspecified atom stereocenters. The summed E-state index contributed by atoms with van der Waals surface area (Å²) in [6.45, 7) is 3.00. The number of anilines is 2. The van der Waals surface area contributed by atoms with Crippen LogP contribution in [0.3, 0.4) is 0 Å². The van der Waals surface area contributed by atoms with Gasteiger partial charge in [-0.1, -0.05) is 12.1 Å². The number of hydrogen-bond donors (Lipinski definition) is 2. The van der Waals surface area contributed by atoms with Crippen LogP contribution in [0.15, 0.2) is 70.4 Å². The topological polar surface area (TPSA) is 144 Å². The molecule has 6 rings (SSSR count). The summed E-state index contributed by atoms with van der Waals surface area (Å²) < 4.78 is 17.8. The fourth-order valence-corrected chi connectivity index (χ4v) is 5.76. The smallest absolute Gasteiger partial charge is 0.354 e. The molecule has 4 aromatic rings. The number of esters is 1. The molecule has 242 valence electrons. The molecule has 12 heteroatoms. The molecular formula is C35H35N5O7. The standard InChI is InChI=1S/C35H35N5O7/c1-21-14-27-28(36-18-26-6-4-12-40(26)34(27)43)17-30(21)46-13-5-7-32(41)37-24-10-8-22(9-11-24)23-15-31(47-20-23)33(42)38-25-16-29(35(44)45-3)39(2)19-25/h8-11,14-20,26H,4-7,12-13H2,1-3H3,(H,37,41)(H,38,42)/t26-/m0/s1. The van der Waals surface area contributed by atoms with Gasteiger partial charge < -0.3 is 34.0 Å². The van der Waals surface area contributed by atoms with Gasteiger partial charge in [0.1, 0.15) is 11.4 Å². The number of hydrogen-bond acceptors (Lipinski definition) is 8. The number of aryl methyl sites for hydroxylation is 2. The Labute approximate surface area is 271 Å². The molecule has 1 saturated heterocycles. The van der Waals surface area contributed by atoms with Gasteiger partial charge in [-0.25, -0.2) is 4.79 Å². The van der Waals surface area contributed by atoms with Gasteiger partial charge in [0.15, 0.2) is 5.76 Å². The lowest BCUT2D eigenvalue weighted by molar-refractivity contribution is -0.116. The average Bonchev–Trinajstić information content (AvgIpc) is 3.81. The fraction of sp³-hybridized carbons (Fsp3) is 0.286. The molecule has 0 aliphatic carbocycles. The van der Waals surface area contributed by atoms with E-state index in [-0.39, 0.29) is 30.0 Å². The number of carbonyl (C=O) groups is 4. The van der Waals surface area contributed by atoms with Gasteiger partial charge in [-0.3, -0.25) is 19.4 Å². The minimum absolute atomic E-state index is 0.0119. The lowest BCUT2D eigenvalue weighted by Crippen LogP contribution is -2.35. The Morgan fingerprint density at radius 1 is 1.04 bits per heavy atom. The van der Waals surface area contributed by atoms with Crippen molar-refractivity contribution in [3.63, 3.8) is 0 Å². The molecule has 2 aromatic heterocycles. The normalized spacial score (nSPS) is 15.1. The van der Waals surface area contributed by atoms with Crippen molar-refractivity contribution < 1.29 is 33.1 Å². The first-order valence-corrected chi connectivity index (χ1v) is 15.4. The van der Waals surface area contributed by atoms with E-state index in [1.165, 1.54) is 19.4 Å². The minimum atomic E-state index is -0.510. The third kappa shape index (κ3) is 6.81.